The molecule has 6 heteroatoms. The predicted molar refractivity (Wildman–Crippen MR) is 69.8 cm³/mol. The molecule has 2 heterocycles. The van der Waals surface area contributed by atoms with Gasteiger partial charge in [-0.3, -0.25) is 9.89 Å². The van der Waals surface area contributed by atoms with Crippen LogP contribution in [0.25, 0.3) is 0 Å². The molecule has 19 heavy (non-hydrogen) atoms. The minimum atomic E-state index is -0.0747. The van der Waals surface area contributed by atoms with Crippen LogP contribution in [0.2, 0.25) is 0 Å². The molecule has 6 nitrogen and oxygen atoms in total. The van der Waals surface area contributed by atoms with E-state index in [2.05, 4.69) is 15.2 Å². The Hall–Kier alpha value is -2.11. The number of aryl methyl sites for hydroxylation is 3. The van der Waals surface area contributed by atoms with Gasteiger partial charge in [0.2, 0.25) is 0 Å². The molecule has 0 unspecified atom stereocenters. The second kappa shape index (κ2) is 4.87. The van der Waals surface area contributed by atoms with E-state index in [1.165, 1.54) is 0 Å². The molecule has 102 valence electrons. The maximum atomic E-state index is 12.4. The van der Waals surface area contributed by atoms with Crippen LogP contribution >= 0.6 is 0 Å². The first-order valence-corrected chi connectivity index (χ1v) is 6.10. The highest BCUT2D eigenvalue weighted by Crippen LogP contribution is 2.22. The number of amides is 1. The first kappa shape index (κ1) is 13.3. The Bertz CT molecular complexity index is 612. The Balaban J connectivity index is 2.19. The van der Waals surface area contributed by atoms with Crippen molar-refractivity contribution in [1.29, 1.82) is 0 Å². The molecule has 0 bridgehead atoms. The van der Waals surface area contributed by atoms with Gasteiger partial charge in [-0.05, 0) is 27.7 Å². The molecule has 2 aromatic heterocycles. The Labute approximate surface area is 111 Å². The molecule has 2 rings (SSSR count). The quantitative estimate of drug-likeness (QED) is 0.916. The Kier molecular flexibility index (Phi) is 3.42. The van der Waals surface area contributed by atoms with Crippen molar-refractivity contribution in [1.82, 2.24) is 20.1 Å². The van der Waals surface area contributed by atoms with Gasteiger partial charge in [0.1, 0.15) is 17.3 Å². The number of hydrogen-bond donors (Lipinski definition) is 1. The van der Waals surface area contributed by atoms with Crippen molar-refractivity contribution in [2.75, 3.05) is 7.05 Å². The lowest BCUT2D eigenvalue weighted by Crippen LogP contribution is -2.27. The van der Waals surface area contributed by atoms with E-state index in [0.29, 0.717) is 23.7 Å². The maximum absolute atomic E-state index is 12.4. The summed E-state index contributed by atoms with van der Waals surface area (Å²) in [4.78, 5) is 18.2. The molecule has 0 saturated carbocycles. The second-order valence-corrected chi connectivity index (χ2v) is 4.71. The Morgan fingerprint density at radius 3 is 2.42 bits per heavy atom. The number of furan rings is 1. The highest BCUT2D eigenvalue weighted by Gasteiger charge is 2.22. The molecule has 0 atom stereocenters. The molecule has 0 fully saturated rings. The molecular weight excluding hydrogens is 244 g/mol. The number of carbonyl (C=O) groups is 1. The van der Waals surface area contributed by atoms with Gasteiger partial charge in [-0.1, -0.05) is 0 Å². The molecule has 0 aromatic carbocycles. The first-order chi connectivity index (χ1) is 8.90. The van der Waals surface area contributed by atoms with Crippen molar-refractivity contribution in [2.24, 2.45) is 0 Å². The molecule has 0 aliphatic rings. The summed E-state index contributed by atoms with van der Waals surface area (Å²) in [6.07, 6.45) is 0. The third-order valence-corrected chi connectivity index (χ3v) is 3.14. The van der Waals surface area contributed by atoms with E-state index >= 15 is 0 Å². The van der Waals surface area contributed by atoms with Crippen LogP contribution in [-0.4, -0.2) is 33.0 Å². The number of rotatable bonds is 3. The van der Waals surface area contributed by atoms with Crippen molar-refractivity contribution < 1.29 is 9.21 Å². The molecule has 2 aromatic rings. The monoisotopic (exact) mass is 262 g/mol. The number of aromatic nitrogens is 3. The maximum Gasteiger partial charge on any atom is 0.257 e. The molecule has 0 spiro atoms. The summed E-state index contributed by atoms with van der Waals surface area (Å²) in [6.45, 7) is 7.75. The number of nitrogens with one attached hydrogen (secondary N) is 1. The van der Waals surface area contributed by atoms with Gasteiger partial charge >= 0.3 is 0 Å². The average molecular weight is 262 g/mol. The van der Waals surface area contributed by atoms with E-state index in [1.807, 2.05) is 20.8 Å². The summed E-state index contributed by atoms with van der Waals surface area (Å²) in [5, 5.41) is 6.79. The zero-order valence-corrected chi connectivity index (χ0v) is 11.9. The fourth-order valence-corrected chi connectivity index (χ4v) is 2.04. The predicted octanol–water partition coefficient (Wildman–Crippen LogP) is 1.90. The summed E-state index contributed by atoms with van der Waals surface area (Å²) in [5.74, 6) is 2.70. The zero-order valence-electron chi connectivity index (χ0n) is 11.9. The van der Waals surface area contributed by atoms with Gasteiger partial charge in [-0.2, -0.15) is 5.10 Å². The topological polar surface area (TPSA) is 75.0 Å². The lowest BCUT2D eigenvalue weighted by atomic mass is 10.1. The fourth-order valence-electron chi connectivity index (χ4n) is 2.04. The van der Waals surface area contributed by atoms with Gasteiger partial charge in [-0.25, -0.2) is 4.98 Å². The molecule has 0 aliphatic heterocycles. The second-order valence-electron chi connectivity index (χ2n) is 4.71. The normalized spacial score (nSPS) is 10.8. The molecule has 1 N–H and O–H groups in total. The highest BCUT2D eigenvalue weighted by molar-refractivity contribution is 5.96. The third-order valence-electron chi connectivity index (χ3n) is 3.14. The number of H-pyrrole nitrogens is 1. The smallest absolute Gasteiger partial charge is 0.257 e. The highest BCUT2D eigenvalue weighted by atomic mass is 16.3. The van der Waals surface area contributed by atoms with Crippen LogP contribution in [0.1, 0.15) is 39.1 Å². The minimum Gasteiger partial charge on any atom is -0.466 e. The lowest BCUT2D eigenvalue weighted by molar-refractivity contribution is 0.0779. The van der Waals surface area contributed by atoms with Gasteiger partial charge in [0.15, 0.2) is 5.82 Å². The minimum absolute atomic E-state index is 0.0747. The molecule has 0 aliphatic carbocycles. The van der Waals surface area contributed by atoms with Crippen LogP contribution in [0.3, 0.4) is 0 Å². The van der Waals surface area contributed by atoms with Crippen molar-refractivity contribution in [3.8, 4) is 0 Å². The average Bonchev–Trinajstić information content (AvgIpc) is 2.84. The summed E-state index contributed by atoms with van der Waals surface area (Å²) in [6, 6.07) is 0. The standard InChI is InChI=1S/C13H18N4O2/c1-7-8(2)19-9(3)12(7)13(18)17(5)6-11-14-10(4)15-16-11/h6H2,1-5H3,(H,14,15,16). The van der Waals surface area contributed by atoms with Crippen LogP contribution < -0.4 is 0 Å². The van der Waals surface area contributed by atoms with E-state index in [-0.39, 0.29) is 5.91 Å². The third kappa shape index (κ3) is 2.52. The van der Waals surface area contributed by atoms with Crippen LogP contribution in [0.4, 0.5) is 0 Å². The number of aromatic amines is 1. The summed E-state index contributed by atoms with van der Waals surface area (Å²) in [7, 11) is 1.73. The lowest BCUT2D eigenvalue weighted by Gasteiger charge is -2.15. The zero-order chi connectivity index (χ0) is 14.2. The van der Waals surface area contributed by atoms with Crippen molar-refractivity contribution in [2.45, 2.75) is 34.2 Å². The van der Waals surface area contributed by atoms with Crippen molar-refractivity contribution in [3.63, 3.8) is 0 Å². The summed E-state index contributed by atoms with van der Waals surface area (Å²) in [5.41, 5.74) is 1.52. The van der Waals surface area contributed by atoms with Gasteiger partial charge in [-0.15, -0.1) is 0 Å². The van der Waals surface area contributed by atoms with E-state index in [4.69, 9.17) is 4.42 Å². The first-order valence-electron chi connectivity index (χ1n) is 6.10. The van der Waals surface area contributed by atoms with Gasteiger partial charge < -0.3 is 9.32 Å². The SMILES string of the molecule is Cc1nc(CN(C)C(=O)c2c(C)oc(C)c2C)n[nH]1. The molecule has 0 radical (unpaired) electrons. The molecule has 0 saturated heterocycles. The van der Waals surface area contributed by atoms with E-state index in [9.17, 15) is 4.79 Å². The van der Waals surface area contributed by atoms with Crippen molar-refractivity contribution in [3.05, 3.63) is 34.3 Å². The van der Waals surface area contributed by atoms with E-state index < -0.39 is 0 Å². The Morgan fingerprint density at radius 2 is 1.95 bits per heavy atom. The van der Waals surface area contributed by atoms with E-state index in [0.717, 1.165) is 17.1 Å². The Morgan fingerprint density at radius 1 is 1.26 bits per heavy atom. The summed E-state index contributed by atoms with van der Waals surface area (Å²) >= 11 is 0. The summed E-state index contributed by atoms with van der Waals surface area (Å²) < 4.78 is 5.49. The fraction of sp³-hybridized carbons (Fsp3) is 0.462. The van der Waals surface area contributed by atoms with Gasteiger partial charge in [0.25, 0.3) is 5.91 Å². The largest absolute Gasteiger partial charge is 0.466 e. The van der Waals surface area contributed by atoms with Gasteiger partial charge in [0, 0.05) is 12.6 Å². The van der Waals surface area contributed by atoms with Crippen molar-refractivity contribution >= 4 is 5.91 Å². The van der Waals surface area contributed by atoms with Gasteiger partial charge in [0.05, 0.1) is 12.1 Å². The van der Waals surface area contributed by atoms with E-state index in [1.54, 1.807) is 18.9 Å². The van der Waals surface area contributed by atoms with Crippen LogP contribution in [0.5, 0.6) is 0 Å². The molecule has 1 amide bonds. The van der Waals surface area contributed by atoms with Crippen LogP contribution in [0.15, 0.2) is 4.42 Å². The number of carbonyl (C=O) groups excluding carboxylic acids is 1. The number of nitrogens with zero attached hydrogens (tertiary/aromatic N) is 3. The van der Waals surface area contributed by atoms with Crippen LogP contribution in [-0.2, 0) is 6.54 Å². The number of hydrogen-bond acceptors (Lipinski definition) is 4. The van der Waals surface area contributed by atoms with Crippen LogP contribution in [0, 0.1) is 27.7 Å². The molecular formula is C13H18N4O2.